The summed E-state index contributed by atoms with van der Waals surface area (Å²) in [5.74, 6) is -0.342. The lowest BCUT2D eigenvalue weighted by atomic mass is 10.2. The molecule has 2 aromatic rings. The van der Waals surface area contributed by atoms with Gasteiger partial charge in [0.05, 0.1) is 22.9 Å². The van der Waals surface area contributed by atoms with E-state index in [-0.39, 0.29) is 23.2 Å². The van der Waals surface area contributed by atoms with Gasteiger partial charge in [0.15, 0.2) is 15.5 Å². The molecule has 0 radical (unpaired) electrons. The number of hydrogen-bond acceptors (Lipinski definition) is 5. The van der Waals surface area contributed by atoms with E-state index in [1.807, 2.05) is 13.0 Å². The summed E-state index contributed by atoms with van der Waals surface area (Å²) < 4.78 is 24.5. The Balaban J connectivity index is 1.85. The molecule has 1 fully saturated rings. The van der Waals surface area contributed by atoms with Crippen LogP contribution in [0.5, 0.6) is 0 Å². The summed E-state index contributed by atoms with van der Waals surface area (Å²) in [4.78, 5) is 12.4. The summed E-state index contributed by atoms with van der Waals surface area (Å²) in [7, 11) is -3.05. The highest BCUT2D eigenvalue weighted by Crippen LogP contribution is 2.23. The summed E-state index contributed by atoms with van der Waals surface area (Å²) in [5.41, 5.74) is 2.33. The first-order valence-corrected chi connectivity index (χ1v) is 9.67. The van der Waals surface area contributed by atoms with Crippen LogP contribution in [0.25, 0.3) is 5.69 Å². The molecular weight excluding hydrogens is 352 g/mol. The van der Waals surface area contributed by atoms with E-state index in [1.165, 1.54) is 0 Å². The largest absolute Gasteiger partial charge is 0.347 e. The molecule has 3 rings (SSSR count). The van der Waals surface area contributed by atoms with Crippen molar-refractivity contribution in [2.75, 3.05) is 11.5 Å². The van der Waals surface area contributed by atoms with Crippen LogP contribution in [0.4, 0.5) is 0 Å². The zero-order valence-electron chi connectivity index (χ0n) is 13.3. The molecule has 1 aromatic heterocycles. The van der Waals surface area contributed by atoms with Gasteiger partial charge in [-0.25, -0.2) is 13.1 Å². The average molecular weight is 369 g/mol. The predicted molar refractivity (Wildman–Crippen MR) is 90.4 cm³/mol. The highest BCUT2D eigenvalue weighted by atomic mass is 35.5. The molecule has 0 aliphatic carbocycles. The summed E-state index contributed by atoms with van der Waals surface area (Å²) >= 11 is 6.13. The third-order valence-electron chi connectivity index (χ3n) is 4.14. The van der Waals surface area contributed by atoms with Crippen LogP contribution < -0.4 is 5.32 Å². The number of hydrogen-bond donors (Lipinski definition) is 1. The fourth-order valence-corrected chi connectivity index (χ4v) is 4.60. The van der Waals surface area contributed by atoms with Crippen molar-refractivity contribution in [3.8, 4) is 5.69 Å². The van der Waals surface area contributed by atoms with E-state index >= 15 is 0 Å². The van der Waals surface area contributed by atoms with Crippen LogP contribution in [0.15, 0.2) is 18.2 Å². The standard InChI is InChI=1S/C15H17ClN4O3S/c1-9-12(16)4-3-5-13(9)20-10(2)14(18-19-20)15(21)17-11-6-7-24(22,23)8-11/h3-5,11H,6-8H2,1-2H3,(H,17,21)/t11-/m0/s1. The Morgan fingerprint density at radius 2 is 2.12 bits per heavy atom. The van der Waals surface area contributed by atoms with Gasteiger partial charge in [-0.2, -0.15) is 0 Å². The molecular formula is C15H17ClN4O3S. The predicted octanol–water partition coefficient (Wildman–Crippen LogP) is 1.45. The number of halogens is 1. The molecule has 2 heterocycles. The Morgan fingerprint density at radius 3 is 2.79 bits per heavy atom. The molecule has 128 valence electrons. The highest BCUT2D eigenvalue weighted by Gasteiger charge is 2.30. The molecule has 1 aliphatic heterocycles. The van der Waals surface area contributed by atoms with Gasteiger partial charge in [-0.15, -0.1) is 5.10 Å². The molecule has 0 spiro atoms. The second-order valence-electron chi connectivity index (χ2n) is 5.89. The minimum absolute atomic E-state index is 0.0284. The zero-order valence-corrected chi connectivity index (χ0v) is 14.9. The van der Waals surface area contributed by atoms with Crippen LogP contribution in [-0.2, 0) is 9.84 Å². The molecule has 9 heteroatoms. The molecule has 1 aromatic carbocycles. The first-order chi connectivity index (χ1) is 11.3. The number of aromatic nitrogens is 3. The lowest BCUT2D eigenvalue weighted by Crippen LogP contribution is -2.36. The minimum Gasteiger partial charge on any atom is -0.347 e. The quantitative estimate of drug-likeness (QED) is 0.885. The van der Waals surface area contributed by atoms with Crippen LogP contribution in [0, 0.1) is 13.8 Å². The number of benzene rings is 1. The Labute approximate surface area is 144 Å². The minimum atomic E-state index is -3.05. The SMILES string of the molecule is Cc1c(Cl)cccc1-n1nnc(C(=O)N[C@H]2CCS(=O)(=O)C2)c1C. The summed E-state index contributed by atoms with van der Waals surface area (Å²) in [6.45, 7) is 3.60. The monoisotopic (exact) mass is 368 g/mol. The molecule has 0 unspecified atom stereocenters. The van der Waals surface area contributed by atoms with E-state index in [9.17, 15) is 13.2 Å². The normalized spacial score (nSPS) is 19.4. The van der Waals surface area contributed by atoms with Gasteiger partial charge in [-0.1, -0.05) is 22.9 Å². The first kappa shape index (κ1) is 16.9. The van der Waals surface area contributed by atoms with Gasteiger partial charge in [0.25, 0.3) is 5.91 Å². The van der Waals surface area contributed by atoms with E-state index < -0.39 is 15.7 Å². The van der Waals surface area contributed by atoms with Gasteiger partial charge in [-0.05, 0) is 38.0 Å². The van der Waals surface area contributed by atoms with Crippen LogP contribution in [0.1, 0.15) is 28.2 Å². The number of amides is 1. The first-order valence-electron chi connectivity index (χ1n) is 7.47. The lowest BCUT2D eigenvalue weighted by Gasteiger charge is -2.10. The maximum Gasteiger partial charge on any atom is 0.274 e. The Hall–Kier alpha value is -1.93. The molecule has 1 N–H and O–H groups in total. The lowest BCUT2D eigenvalue weighted by molar-refractivity contribution is 0.0935. The van der Waals surface area contributed by atoms with Crippen molar-refractivity contribution in [3.05, 3.63) is 40.2 Å². The number of nitrogens with zero attached hydrogens (tertiary/aromatic N) is 3. The molecule has 1 amide bonds. The van der Waals surface area contributed by atoms with Crippen LogP contribution in [0.2, 0.25) is 5.02 Å². The smallest absolute Gasteiger partial charge is 0.274 e. The van der Waals surface area contributed by atoms with Gasteiger partial charge in [0.2, 0.25) is 0 Å². The Kier molecular flexibility index (Phi) is 4.35. The fourth-order valence-electron chi connectivity index (χ4n) is 2.76. The van der Waals surface area contributed by atoms with Crippen LogP contribution in [0.3, 0.4) is 0 Å². The van der Waals surface area contributed by atoms with E-state index in [4.69, 9.17) is 11.6 Å². The Bertz CT molecular complexity index is 907. The van der Waals surface area contributed by atoms with Gasteiger partial charge in [0.1, 0.15) is 0 Å². The maximum absolute atomic E-state index is 12.4. The van der Waals surface area contributed by atoms with E-state index in [0.717, 1.165) is 11.3 Å². The molecule has 1 aliphatic rings. The topological polar surface area (TPSA) is 93.9 Å². The number of rotatable bonds is 3. The third kappa shape index (κ3) is 3.16. The van der Waals surface area contributed by atoms with E-state index in [2.05, 4.69) is 15.6 Å². The van der Waals surface area contributed by atoms with Gasteiger partial charge < -0.3 is 5.32 Å². The number of carbonyl (C=O) groups is 1. The van der Waals surface area contributed by atoms with Crippen molar-refractivity contribution in [3.63, 3.8) is 0 Å². The van der Waals surface area contributed by atoms with Crippen molar-refractivity contribution < 1.29 is 13.2 Å². The Morgan fingerprint density at radius 1 is 1.38 bits per heavy atom. The van der Waals surface area contributed by atoms with Gasteiger partial charge >= 0.3 is 0 Å². The van der Waals surface area contributed by atoms with Gasteiger partial charge in [0, 0.05) is 11.1 Å². The van der Waals surface area contributed by atoms with Crippen molar-refractivity contribution >= 4 is 27.3 Å². The zero-order chi connectivity index (χ0) is 17.5. The second kappa shape index (κ2) is 6.18. The molecule has 0 saturated carbocycles. The van der Waals surface area contributed by atoms with E-state index in [1.54, 1.807) is 23.7 Å². The fraction of sp³-hybridized carbons (Fsp3) is 0.400. The highest BCUT2D eigenvalue weighted by molar-refractivity contribution is 7.91. The van der Waals surface area contributed by atoms with Crippen LogP contribution >= 0.6 is 11.6 Å². The number of sulfone groups is 1. The molecule has 0 bridgehead atoms. The van der Waals surface area contributed by atoms with Crippen molar-refractivity contribution in [1.29, 1.82) is 0 Å². The second-order valence-corrected chi connectivity index (χ2v) is 8.53. The summed E-state index contributed by atoms with van der Waals surface area (Å²) in [5, 5.41) is 11.3. The van der Waals surface area contributed by atoms with Crippen molar-refractivity contribution in [1.82, 2.24) is 20.3 Å². The average Bonchev–Trinajstić information content (AvgIpc) is 3.04. The third-order valence-corrected chi connectivity index (χ3v) is 6.32. The summed E-state index contributed by atoms with van der Waals surface area (Å²) in [6.07, 6.45) is 0.425. The summed E-state index contributed by atoms with van der Waals surface area (Å²) in [6, 6.07) is 5.05. The van der Waals surface area contributed by atoms with Crippen LogP contribution in [-0.4, -0.2) is 46.9 Å². The molecule has 1 atom stereocenters. The van der Waals surface area contributed by atoms with Crippen molar-refractivity contribution in [2.24, 2.45) is 0 Å². The van der Waals surface area contributed by atoms with Gasteiger partial charge in [-0.3, -0.25) is 4.79 Å². The molecule has 1 saturated heterocycles. The van der Waals surface area contributed by atoms with E-state index in [0.29, 0.717) is 17.1 Å². The molecule has 24 heavy (non-hydrogen) atoms. The van der Waals surface area contributed by atoms with Crippen molar-refractivity contribution in [2.45, 2.75) is 26.3 Å². The number of carbonyl (C=O) groups excluding carboxylic acids is 1. The maximum atomic E-state index is 12.4. The number of nitrogens with one attached hydrogen (secondary N) is 1. The molecule has 7 nitrogen and oxygen atoms in total.